The third kappa shape index (κ3) is 3.61. The maximum atomic E-state index is 11.8. The molecule has 1 heterocycles. The number of rotatable bonds is 6. The Morgan fingerprint density at radius 2 is 1.95 bits per heavy atom. The number of piperidine rings is 1. The van der Waals surface area contributed by atoms with E-state index in [2.05, 4.69) is 4.90 Å². The molecule has 2 rings (SSSR count). The Labute approximate surface area is 125 Å². The number of carboxylic acids is 1. The summed E-state index contributed by atoms with van der Waals surface area (Å²) >= 11 is 0. The van der Waals surface area contributed by atoms with Gasteiger partial charge in [-0.2, -0.15) is 0 Å². The Balaban J connectivity index is 2.04. The zero-order valence-electron chi connectivity index (χ0n) is 12.4. The van der Waals surface area contributed by atoms with Crippen LogP contribution in [0.4, 0.5) is 0 Å². The number of benzene rings is 1. The van der Waals surface area contributed by atoms with Crippen molar-refractivity contribution in [2.24, 2.45) is 0 Å². The van der Waals surface area contributed by atoms with E-state index < -0.39 is 17.5 Å². The van der Waals surface area contributed by atoms with Crippen molar-refractivity contribution in [3.8, 4) is 0 Å². The summed E-state index contributed by atoms with van der Waals surface area (Å²) in [6.45, 7) is 2.17. The smallest absolute Gasteiger partial charge is 0.314 e. The molecule has 2 N–H and O–H groups in total. The van der Waals surface area contributed by atoms with Gasteiger partial charge >= 0.3 is 5.97 Å². The number of hydrogen-bond acceptors (Lipinski definition) is 4. The van der Waals surface area contributed by atoms with E-state index >= 15 is 0 Å². The van der Waals surface area contributed by atoms with Crippen molar-refractivity contribution in [2.75, 3.05) is 33.4 Å². The summed E-state index contributed by atoms with van der Waals surface area (Å²) in [5.74, 6) is -0.759. The second kappa shape index (κ2) is 7.02. The summed E-state index contributed by atoms with van der Waals surface area (Å²) < 4.78 is 4.92. The zero-order valence-corrected chi connectivity index (χ0v) is 12.4. The summed E-state index contributed by atoms with van der Waals surface area (Å²) in [6.07, 6.45) is 0.599. The third-order valence-corrected chi connectivity index (χ3v) is 4.27. The number of aliphatic carboxylic acids is 1. The molecule has 5 nitrogen and oxygen atoms in total. The molecule has 0 saturated carbocycles. The molecule has 0 amide bonds. The third-order valence-electron chi connectivity index (χ3n) is 4.27. The molecule has 1 aliphatic rings. The molecule has 1 atom stereocenters. The van der Waals surface area contributed by atoms with Crippen LogP contribution >= 0.6 is 0 Å². The maximum absolute atomic E-state index is 11.8. The van der Waals surface area contributed by atoms with Gasteiger partial charge in [-0.05, 0) is 31.5 Å². The van der Waals surface area contributed by atoms with E-state index in [1.165, 1.54) is 0 Å². The van der Waals surface area contributed by atoms with E-state index in [-0.39, 0.29) is 0 Å². The van der Waals surface area contributed by atoms with Gasteiger partial charge in [0.15, 0.2) is 0 Å². The molecule has 5 heteroatoms. The quantitative estimate of drug-likeness (QED) is 0.822. The number of β-amino-alcohol motifs (C(OH)–C–C–N with tert-alkyl or cyclic N) is 1. The molecule has 21 heavy (non-hydrogen) atoms. The fourth-order valence-electron chi connectivity index (χ4n) is 3.04. The lowest BCUT2D eigenvalue weighted by molar-refractivity contribution is -0.146. The van der Waals surface area contributed by atoms with Crippen molar-refractivity contribution in [3.63, 3.8) is 0 Å². The first-order chi connectivity index (χ1) is 10.1. The molecule has 1 fully saturated rings. The van der Waals surface area contributed by atoms with Crippen molar-refractivity contribution in [3.05, 3.63) is 35.9 Å². The van der Waals surface area contributed by atoms with Gasteiger partial charge in [-0.1, -0.05) is 30.3 Å². The molecule has 1 aliphatic heterocycles. The Hall–Kier alpha value is -1.43. The van der Waals surface area contributed by atoms with Crippen LogP contribution in [0.2, 0.25) is 0 Å². The highest BCUT2D eigenvalue weighted by molar-refractivity contribution is 5.81. The van der Waals surface area contributed by atoms with Crippen LogP contribution in [0.15, 0.2) is 30.3 Å². The van der Waals surface area contributed by atoms with Crippen molar-refractivity contribution >= 4 is 5.97 Å². The van der Waals surface area contributed by atoms with Crippen LogP contribution in [0.3, 0.4) is 0 Å². The highest BCUT2D eigenvalue weighted by Gasteiger charge is 2.43. The zero-order chi connectivity index (χ0) is 15.3. The lowest BCUT2D eigenvalue weighted by atomic mass is 9.73. The number of aliphatic hydroxyl groups is 1. The molecule has 0 radical (unpaired) electrons. The van der Waals surface area contributed by atoms with Crippen molar-refractivity contribution in [1.29, 1.82) is 0 Å². The Morgan fingerprint density at radius 1 is 1.33 bits per heavy atom. The lowest BCUT2D eigenvalue weighted by Crippen LogP contribution is -2.49. The van der Waals surface area contributed by atoms with Crippen LogP contribution in [0.5, 0.6) is 0 Å². The van der Waals surface area contributed by atoms with Gasteiger partial charge in [-0.15, -0.1) is 0 Å². The van der Waals surface area contributed by atoms with Gasteiger partial charge in [0.25, 0.3) is 0 Å². The highest BCUT2D eigenvalue weighted by Crippen LogP contribution is 2.35. The lowest BCUT2D eigenvalue weighted by Gasteiger charge is -2.39. The largest absolute Gasteiger partial charge is 0.481 e. The monoisotopic (exact) mass is 293 g/mol. The minimum Gasteiger partial charge on any atom is -0.481 e. The molecule has 116 valence electrons. The Kier molecular flexibility index (Phi) is 5.33. The van der Waals surface area contributed by atoms with Gasteiger partial charge in [-0.25, -0.2) is 0 Å². The molecule has 1 aromatic rings. The average Bonchev–Trinajstić information content (AvgIpc) is 2.49. The van der Waals surface area contributed by atoms with Gasteiger partial charge in [0.1, 0.15) is 0 Å². The standard InChI is InChI=1S/C16H23NO4/c1-21-12-14(18)11-17-9-7-16(8-10-17,15(19)20)13-5-3-2-4-6-13/h2-6,14,18H,7-12H2,1H3,(H,19,20). The number of carboxylic acid groups (broad SMARTS) is 1. The van der Waals surface area contributed by atoms with Gasteiger partial charge in [-0.3, -0.25) is 4.79 Å². The summed E-state index contributed by atoms with van der Waals surface area (Å²) in [6, 6.07) is 9.45. The van der Waals surface area contributed by atoms with Crippen LogP contribution in [0.1, 0.15) is 18.4 Å². The van der Waals surface area contributed by atoms with Crippen LogP contribution in [-0.2, 0) is 14.9 Å². The normalized spacial score (nSPS) is 20.1. The number of hydrogen-bond donors (Lipinski definition) is 2. The molecular formula is C16H23NO4. The average molecular weight is 293 g/mol. The molecule has 1 unspecified atom stereocenters. The number of ether oxygens (including phenoxy) is 1. The summed E-state index contributed by atoms with van der Waals surface area (Å²) in [4.78, 5) is 13.9. The fourth-order valence-corrected chi connectivity index (χ4v) is 3.04. The second-order valence-corrected chi connectivity index (χ2v) is 5.66. The van der Waals surface area contributed by atoms with Crippen molar-refractivity contribution in [1.82, 2.24) is 4.90 Å². The van der Waals surface area contributed by atoms with Gasteiger partial charge in [0, 0.05) is 13.7 Å². The molecule has 1 aromatic carbocycles. The van der Waals surface area contributed by atoms with E-state index in [0.717, 1.165) is 5.56 Å². The van der Waals surface area contributed by atoms with Crippen molar-refractivity contribution in [2.45, 2.75) is 24.4 Å². The van der Waals surface area contributed by atoms with Crippen molar-refractivity contribution < 1.29 is 19.7 Å². The van der Waals surface area contributed by atoms with Gasteiger partial charge < -0.3 is 19.8 Å². The number of methoxy groups -OCH3 is 1. The van der Waals surface area contributed by atoms with Crippen LogP contribution < -0.4 is 0 Å². The topological polar surface area (TPSA) is 70.0 Å². The van der Waals surface area contributed by atoms with E-state index in [1.807, 2.05) is 30.3 Å². The number of nitrogens with zero attached hydrogens (tertiary/aromatic N) is 1. The fraction of sp³-hybridized carbons (Fsp3) is 0.562. The van der Waals surface area contributed by atoms with Crippen LogP contribution in [0, 0.1) is 0 Å². The first-order valence-electron chi connectivity index (χ1n) is 7.27. The molecule has 0 aliphatic carbocycles. The van der Waals surface area contributed by atoms with E-state index in [1.54, 1.807) is 7.11 Å². The number of carbonyl (C=O) groups is 1. The Morgan fingerprint density at radius 3 is 2.48 bits per heavy atom. The number of aliphatic hydroxyl groups excluding tert-OH is 1. The predicted octanol–water partition coefficient (Wildman–Crippen LogP) is 1.11. The van der Waals surface area contributed by atoms with Crippen LogP contribution in [0.25, 0.3) is 0 Å². The molecule has 0 spiro atoms. The summed E-state index contributed by atoms with van der Waals surface area (Å²) in [7, 11) is 1.56. The van der Waals surface area contributed by atoms with Gasteiger partial charge in [0.05, 0.1) is 18.1 Å². The number of likely N-dealkylation sites (tertiary alicyclic amines) is 1. The first-order valence-corrected chi connectivity index (χ1v) is 7.27. The first kappa shape index (κ1) is 15.9. The molecule has 1 saturated heterocycles. The minimum atomic E-state index is -0.802. The van der Waals surface area contributed by atoms with Crippen LogP contribution in [-0.4, -0.2) is 60.5 Å². The highest BCUT2D eigenvalue weighted by atomic mass is 16.5. The van der Waals surface area contributed by atoms with E-state index in [0.29, 0.717) is 39.1 Å². The maximum Gasteiger partial charge on any atom is 0.314 e. The van der Waals surface area contributed by atoms with Gasteiger partial charge in [0.2, 0.25) is 0 Å². The van der Waals surface area contributed by atoms with E-state index in [4.69, 9.17) is 4.74 Å². The minimum absolute atomic E-state index is 0.305. The summed E-state index contributed by atoms with van der Waals surface area (Å²) in [5.41, 5.74) is 0.0684. The Bertz CT molecular complexity index is 455. The second-order valence-electron chi connectivity index (χ2n) is 5.66. The molecule has 0 bridgehead atoms. The van der Waals surface area contributed by atoms with E-state index in [9.17, 15) is 15.0 Å². The predicted molar refractivity (Wildman–Crippen MR) is 79.3 cm³/mol. The molecular weight excluding hydrogens is 270 g/mol. The summed E-state index contributed by atoms with van der Waals surface area (Å²) in [5, 5.41) is 19.5. The molecule has 0 aromatic heterocycles. The SMILES string of the molecule is COCC(O)CN1CCC(C(=O)O)(c2ccccc2)CC1.